The summed E-state index contributed by atoms with van der Waals surface area (Å²) in [6.45, 7) is 11.7. The van der Waals surface area contributed by atoms with Crippen molar-refractivity contribution in [2.24, 2.45) is 5.92 Å². The van der Waals surface area contributed by atoms with E-state index in [0.717, 1.165) is 17.6 Å². The first kappa shape index (κ1) is 16.0. The van der Waals surface area contributed by atoms with Crippen molar-refractivity contribution in [3.63, 3.8) is 0 Å². The first-order chi connectivity index (χ1) is 8.97. The normalized spacial score (nSPS) is 16.1. The van der Waals surface area contributed by atoms with Gasteiger partial charge in [-0.2, -0.15) is 0 Å². The Bertz CT molecular complexity index is 375. The zero-order chi connectivity index (χ0) is 14.4. The number of methoxy groups -OCH3 is 1. The van der Waals surface area contributed by atoms with Crippen molar-refractivity contribution in [2.45, 2.75) is 59.5 Å². The van der Waals surface area contributed by atoms with E-state index in [4.69, 9.17) is 4.74 Å². The Morgan fingerprint density at radius 3 is 2.63 bits per heavy atom. The molecule has 0 aliphatic rings. The van der Waals surface area contributed by atoms with E-state index in [0.29, 0.717) is 12.6 Å². The number of aromatic nitrogens is 2. The lowest BCUT2D eigenvalue weighted by molar-refractivity contribution is 0.190. The summed E-state index contributed by atoms with van der Waals surface area (Å²) in [5.74, 6) is 1.69. The molecule has 0 aromatic carbocycles. The van der Waals surface area contributed by atoms with Crippen LogP contribution in [-0.2, 0) is 4.74 Å². The summed E-state index contributed by atoms with van der Waals surface area (Å²) in [4.78, 5) is 4.58. The minimum absolute atomic E-state index is 0.265. The fraction of sp³-hybridized carbons (Fsp3) is 0.800. The Morgan fingerprint density at radius 2 is 2.05 bits per heavy atom. The second-order valence-corrected chi connectivity index (χ2v) is 5.71. The zero-order valence-corrected chi connectivity index (χ0v) is 13.2. The highest BCUT2D eigenvalue weighted by atomic mass is 16.5. The summed E-state index contributed by atoms with van der Waals surface area (Å²) in [5.41, 5.74) is 1.06. The number of anilines is 1. The predicted octanol–water partition coefficient (Wildman–Crippen LogP) is 3.64. The predicted molar refractivity (Wildman–Crippen MR) is 80.7 cm³/mol. The summed E-state index contributed by atoms with van der Waals surface area (Å²) >= 11 is 0. The van der Waals surface area contributed by atoms with Crippen molar-refractivity contribution in [3.8, 4) is 0 Å². The molecule has 3 unspecified atom stereocenters. The molecule has 1 heterocycles. The van der Waals surface area contributed by atoms with Crippen LogP contribution in [-0.4, -0.2) is 29.3 Å². The number of nitrogens with zero attached hydrogens (tertiary/aromatic N) is 2. The van der Waals surface area contributed by atoms with E-state index in [-0.39, 0.29) is 6.04 Å². The van der Waals surface area contributed by atoms with Gasteiger partial charge < -0.3 is 14.6 Å². The molecule has 0 aliphatic heterocycles. The highest BCUT2D eigenvalue weighted by molar-refractivity contribution is 5.30. The van der Waals surface area contributed by atoms with Crippen molar-refractivity contribution in [1.29, 1.82) is 0 Å². The van der Waals surface area contributed by atoms with E-state index < -0.39 is 0 Å². The average molecular weight is 267 g/mol. The number of aryl methyl sites for hydroxylation is 1. The van der Waals surface area contributed by atoms with E-state index in [1.165, 1.54) is 12.8 Å². The lowest BCUT2D eigenvalue weighted by Gasteiger charge is -2.21. The fourth-order valence-electron chi connectivity index (χ4n) is 2.33. The lowest BCUT2D eigenvalue weighted by atomic mass is 10.0. The second-order valence-electron chi connectivity index (χ2n) is 5.71. The van der Waals surface area contributed by atoms with Gasteiger partial charge in [0.05, 0.1) is 12.3 Å². The van der Waals surface area contributed by atoms with Crippen molar-refractivity contribution in [2.75, 3.05) is 19.0 Å². The molecular weight excluding hydrogens is 238 g/mol. The molecule has 19 heavy (non-hydrogen) atoms. The number of rotatable bonds is 8. The van der Waals surface area contributed by atoms with Crippen molar-refractivity contribution < 1.29 is 4.74 Å². The molecule has 0 spiro atoms. The highest BCUT2D eigenvalue weighted by Gasteiger charge is 2.15. The van der Waals surface area contributed by atoms with Crippen LogP contribution >= 0.6 is 0 Å². The molecule has 0 radical (unpaired) electrons. The maximum absolute atomic E-state index is 5.17. The number of hydrogen-bond donors (Lipinski definition) is 1. The molecule has 0 amide bonds. The molecule has 0 fully saturated rings. The van der Waals surface area contributed by atoms with Gasteiger partial charge in [0.2, 0.25) is 5.95 Å². The minimum Gasteiger partial charge on any atom is -0.383 e. The van der Waals surface area contributed by atoms with E-state index in [1.54, 1.807) is 7.11 Å². The van der Waals surface area contributed by atoms with Gasteiger partial charge in [0, 0.05) is 25.4 Å². The van der Waals surface area contributed by atoms with Crippen LogP contribution in [0.15, 0.2) is 6.20 Å². The molecule has 1 aromatic heterocycles. The SMILES string of the molecule is CCC(C)CC(C)n1cc(C)nc1NC(C)COC. The summed E-state index contributed by atoms with van der Waals surface area (Å²) < 4.78 is 7.42. The third kappa shape index (κ3) is 4.86. The Morgan fingerprint density at radius 1 is 1.37 bits per heavy atom. The largest absolute Gasteiger partial charge is 0.383 e. The van der Waals surface area contributed by atoms with Gasteiger partial charge >= 0.3 is 0 Å². The van der Waals surface area contributed by atoms with Crippen LogP contribution in [0.3, 0.4) is 0 Å². The molecule has 0 saturated carbocycles. The van der Waals surface area contributed by atoms with Crippen LogP contribution in [0.4, 0.5) is 5.95 Å². The first-order valence-electron chi connectivity index (χ1n) is 7.28. The molecule has 1 rings (SSSR count). The Balaban J connectivity index is 2.76. The summed E-state index contributed by atoms with van der Waals surface area (Å²) in [6, 6.07) is 0.731. The standard InChI is InChI=1S/C15H29N3O/c1-7-11(2)8-14(5)18-9-12(3)16-15(18)17-13(4)10-19-6/h9,11,13-14H,7-8,10H2,1-6H3,(H,16,17). The smallest absolute Gasteiger partial charge is 0.203 e. The van der Waals surface area contributed by atoms with Gasteiger partial charge in [0.25, 0.3) is 0 Å². The maximum atomic E-state index is 5.17. The van der Waals surface area contributed by atoms with E-state index in [2.05, 4.69) is 48.8 Å². The summed E-state index contributed by atoms with van der Waals surface area (Å²) in [7, 11) is 1.72. The molecule has 110 valence electrons. The Hall–Kier alpha value is -1.03. The third-order valence-electron chi connectivity index (χ3n) is 3.56. The van der Waals surface area contributed by atoms with Gasteiger partial charge in [0.15, 0.2) is 0 Å². The number of imidazole rings is 1. The lowest BCUT2D eigenvalue weighted by Crippen LogP contribution is -2.24. The molecule has 0 aliphatic carbocycles. The topological polar surface area (TPSA) is 39.1 Å². The third-order valence-corrected chi connectivity index (χ3v) is 3.56. The van der Waals surface area contributed by atoms with Crippen LogP contribution < -0.4 is 5.32 Å². The maximum Gasteiger partial charge on any atom is 0.203 e. The first-order valence-corrected chi connectivity index (χ1v) is 7.28. The van der Waals surface area contributed by atoms with Crippen LogP contribution in [0.1, 0.15) is 52.3 Å². The van der Waals surface area contributed by atoms with Crippen LogP contribution in [0, 0.1) is 12.8 Å². The quantitative estimate of drug-likeness (QED) is 0.781. The highest BCUT2D eigenvalue weighted by Crippen LogP contribution is 2.24. The van der Waals surface area contributed by atoms with Gasteiger partial charge in [-0.3, -0.25) is 0 Å². The second kappa shape index (κ2) is 7.53. The van der Waals surface area contributed by atoms with Crippen LogP contribution in [0.25, 0.3) is 0 Å². The Labute approximate surface area is 117 Å². The molecule has 0 bridgehead atoms. The molecular formula is C15H29N3O. The fourth-order valence-corrected chi connectivity index (χ4v) is 2.33. The Kier molecular flexibility index (Phi) is 6.35. The van der Waals surface area contributed by atoms with E-state index in [9.17, 15) is 0 Å². The number of hydrogen-bond acceptors (Lipinski definition) is 3. The van der Waals surface area contributed by atoms with E-state index >= 15 is 0 Å². The molecule has 3 atom stereocenters. The van der Waals surface area contributed by atoms with Gasteiger partial charge in [-0.05, 0) is 33.1 Å². The van der Waals surface area contributed by atoms with Crippen molar-refractivity contribution in [3.05, 3.63) is 11.9 Å². The van der Waals surface area contributed by atoms with Gasteiger partial charge in [-0.25, -0.2) is 4.98 Å². The van der Waals surface area contributed by atoms with Crippen LogP contribution in [0.2, 0.25) is 0 Å². The molecule has 1 N–H and O–H groups in total. The van der Waals surface area contributed by atoms with Crippen LogP contribution in [0.5, 0.6) is 0 Å². The minimum atomic E-state index is 0.265. The average Bonchev–Trinajstić information content (AvgIpc) is 2.70. The van der Waals surface area contributed by atoms with Gasteiger partial charge in [-0.1, -0.05) is 20.3 Å². The molecule has 4 nitrogen and oxygen atoms in total. The molecule has 4 heteroatoms. The van der Waals surface area contributed by atoms with E-state index in [1.807, 2.05) is 6.92 Å². The van der Waals surface area contributed by atoms with Crippen molar-refractivity contribution >= 4 is 5.95 Å². The summed E-state index contributed by atoms with van der Waals surface area (Å²) in [6.07, 6.45) is 4.54. The van der Waals surface area contributed by atoms with Gasteiger partial charge in [0.1, 0.15) is 0 Å². The van der Waals surface area contributed by atoms with Gasteiger partial charge in [-0.15, -0.1) is 0 Å². The number of ether oxygens (including phenoxy) is 1. The van der Waals surface area contributed by atoms with Crippen molar-refractivity contribution in [1.82, 2.24) is 9.55 Å². The number of nitrogens with one attached hydrogen (secondary N) is 1. The monoisotopic (exact) mass is 267 g/mol. The molecule has 1 aromatic rings. The summed E-state index contributed by atoms with van der Waals surface area (Å²) in [5, 5.41) is 3.43. The molecule has 0 saturated heterocycles. The zero-order valence-electron chi connectivity index (χ0n) is 13.2.